The zero-order valence-electron chi connectivity index (χ0n) is 11.4. The third kappa shape index (κ3) is 2.54. The van der Waals surface area contributed by atoms with Gasteiger partial charge in [0.25, 0.3) is 0 Å². The highest BCUT2D eigenvalue weighted by Gasteiger charge is 2.14. The topological polar surface area (TPSA) is 17.8 Å². The molecule has 0 saturated heterocycles. The van der Waals surface area contributed by atoms with E-state index in [1.807, 2.05) is 0 Å². The van der Waals surface area contributed by atoms with Gasteiger partial charge in [-0.15, -0.1) is 11.6 Å². The van der Waals surface area contributed by atoms with Crippen molar-refractivity contribution in [2.45, 2.75) is 46.1 Å². The number of rotatable bonds is 5. The average molecular weight is 265 g/mol. The van der Waals surface area contributed by atoms with Gasteiger partial charge in [0.1, 0.15) is 5.82 Å². The minimum absolute atomic E-state index is 0.487. The van der Waals surface area contributed by atoms with E-state index >= 15 is 0 Å². The summed E-state index contributed by atoms with van der Waals surface area (Å²) in [5.74, 6) is 1.74. The lowest BCUT2D eigenvalue weighted by atomic mass is 10.1. The van der Waals surface area contributed by atoms with Crippen LogP contribution in [-0.4, -0.2) is 15.4 Å². The van der Waals surface area contributed by atoms with Crippen molar-refractivity contribution in [2.75, 3.05) is 5.88 Å². The summed E-state index contributed by atoms with van der Waals surface area (Å²) in [6.45, 7) is 6.60. The summed E-state index contributed by atoms with van der Waals surface area (Å²) in [7, 11) is 0. The Morgan fingerprint density at radius 3 is 2.83 bits per heavy atom. The normalized spacial score (nSPS) is 13.1. The Kier molecular flexibility index (Phi) is 4.28. The minimum Gasteiger partial charge on any atom is -0.325 e. The van der Waals surface area contributed by atoms with Gasteiger partial charge in [0.2, 0.25) is 0 Å². The molecule has 0 amide bonds. The number of benzene rings is 1. The van der Waals surface area contributed by atoms with E-state index in [-0.39, 0.29) is 0 Å². The summed E-state index contributed by atoms with van der Waals surface area (Å²) in [4.78, 5) is 4.75. The first-order valence-corrected chi connectivity index (χ1v) is 7.24. The number of aryl methyl sites for hydroxylation is 2. The number of imidazole rings is 1. The van der Waals surface area contributed by atoms with Crippen LogP contribution in [0.15, 0.2) is 18.2 Å². The highest BCUT2D eigenvalue weighted by atomic mass is 35.5. The molecule has 2 nitrogen and oxygen atoms in total. The molecule has 1 aromatic heterocycles. The molecule has 2 rings (SSSR count). The van der Waals surface area contributed by atoms with E-state index in [2.05, 4.69) is 43.5 Å². The molecule has 1 aromatic carbocycles. The summed E-state index contributed by atoms with van der Waals surface area (Å²) in [6, 6.07) is 6.98. The van der Waals surface area contributed by atoms with Crippen molar-refractivity contribution in [1.82, 2.24) is 9.55 Å². The number of nitrogens with zero attached hydrogens (tertiary/aromatic N) is 2. The second-order valence-corrected chi connectivity index (χ2v) is 5.34. The molecule has 1 heterocycles. The predicted molar refractivity (Wildman–Crippen MR) is 78.5 cm³/mol. The lowest BCUT2D eigenvalue weighted by Gasteiger charge is -2.16. The first kappa shape index (κ1) is 13.4. The highest BCUT2D eigenvalue weighted by Crippen LogP contribution is 2.25. The molecule has 98 valence electrons. The molecule has 0 fully saturated rings. The Balaban J connectivity index is 2.54. The van der Waals surface area contributed by atoms with Crippen molar-refractivity contribution in [1.29, 1.82) is 0 Å². The molecule has 0 aliphatic heterocycles. The molecule has 0 aliphatic rings. The maximum Gasteiger partial charge on any atom is 0.111 e. The lowest BCUT2D eigenvalue weighted by molar-refractivity contribution is 0.496. The van der Waals surface area contributed by atoms with E-state index in [1.54, 1.807) is 0 Å². The van der Waals surface area contributed by atoms with Gasteiger partial charge < -0.3 is 4.57 Å². The van der Waals surface area contributed by atoms with Gasteiger partial charge in [-0.3, -0.25) is 0 Å². The van der Waals surface area contributed by atoms with Crippen LogP contribution in [0.3, 0.4) is 0 Å². The Labute approximate surface area is 114 Å². The first-order valence-electron chi connectivity index (χ1n) is 6.70. The fourth-order valence-electron chi connectivity index (χ4n) is 2.56. The van der Waals surface area contributed by atoms with Crippen LogP contribution in [0.2, 0.25) is 0 Å². The van der Waals surface area contributed by atoms with Crippen molar-refractivity contribution < 1.29 is 0 Å². The maximum atomic E-state index is 5.90. The van der Waals surface area contributed by atoms with Crippen LogP contribution in [0.5, 0.6) is 0 Å². The Morgan fingerprint density at radius 1 is 1.39 bits per heavy atom. The number of hydrogen-bond donors (Lipinski definition) is 0. The second kappa shape index (κ2) is 5.75. The minimum atomic E-state index is 0.487. The van der Waals surface area contributed by atoms with Gasteiger partial charge in [0.15, 0.2) is 0 Å². The van der Waals surface area contributed by atoms with Gasteiger partial charge >= 0.3 is 0 Å². The van der Waals surface area contributed by atoms with Crippen molar-refractivity contribution in [3.8, 4) is 0 Å². The number of hydrogen-bond acceptors (Lipinski definition) is 1. The van der Waals surface area contributed by atoms with Crippen LogP contribution >= 0.6 is 11.6 Å². The van der Waals surface area contributed by atoms with Crippen LogP contribution in [0.25, 0.3) is 11.0 Å². The first-order chi connectivity index (χ1) is 8.67. The summed E-state index contributed by atoms with van der Waals surface area (Å²) in [5, 5.41) is 0. The molecule has 0 radical (unpaired) electrons. The number of halogens is 1. The second-order valence-electron chi connectivity index (χ2n) is 4.97. The van der Waals surface area contributed by atoms with Crippen LogP contribution in [0.1, 0.15) is 44.1 Å². The van der Waals surface area contributed by atoms with Crippen LogP contribution in [0, 0.1) is 6.92 Å². The summed E-state index contributed by atoms with van der Waals surface area (Å²) >= 11 is 5.90. The maximum absolute atomic E-state index is 5.90. The molecule has 0 spiro atoms. The third-order valence-corrected chi connectivity index (χ3v) is 3.57. The van der Waals surface area contributed by atoms with E-state index < -0.39 is 0 Å². The molecule has 0 saturated carbocycles. The predicted octanol–water partition coefficient (Wildman–Crippen LogP) is 4.49. The zero-order chi connectivity index (χ0) is 13.1. The largest absolute Gasteiger partial charge is 0.325 e. The van der Waals surface area contributed by atoms with E-state index in [0.717, 1.165) is 17.8 Å². The van der Waals surface area contributed by atoms with Gasteiger partial charge in [-0.05, 0) is 38.0 Å². The van der Waals surface area contributed by atoms with Crippen LogP contribution in [0.4, 0.5) is 0 Å². The van der Waals surface area contributed by atoms with Crippen molar-refractivity contribution in [3.05, 3.63) is 29.6 Å². The molecule has 1 unspecified atom stereocenters. The van der Waals surface area contributed by atoms with Gasteiger partial charge in [-0.1, -0.05) is 19.4 Å². The van der Waals surface area contributed by atoms with Crippen LogP contribution in [-0.2, 0) is 6.42 Å². The van der Waals surface area contributed by atoms with Crippen LogP contribution < -0.4 is 0 Å². The Hall–Kier alpha value is -1.02. The monoisotopic (exact) mass is 264 g/mol. The van der Waals surface area contributed by atoms with E-state index in [1.165, 1.54) is 23.9 Å². The summed E-state index contributed by atoms with van der Waals surface area (Å²) < 4.78 is 2.36. The standard InChI is InChI=1S/C15H21ClN2/c1-4-5-12(3)18-14-7-6-11(2)10-13(14)17-15(18)8-9-16/h6-7,10,12H,4-5,8-9H2,1-3H3. The van der Waals surface area contributed by atoms with E-state index in [0.29, 0.717) is 11.9 Å². The number of fused-ring (bicyclic) bond motifs is 1. The van der Waals surface area contributed by atoms with E-state index in [4.69, 9.17) is 16.6 Å². The summed E-state index contributed by atoms with van der Waals surface area (Å²) in [6.07, 6.45) is 3.20. The molecular formula is C15H21ClN2. The molecule has 0 aliphatic carbocycles. The Bertz CT molecular complexity index is 531. The molecule has 2 aromatic rings. The smallest absolute Gasteiger partial charge is 0.111 e. The molecule has 1 atom stereocenters. The van der Waals surface area contributed by atoms with Crippen molar-refractivity contribution in [3.63, 3.8) is 0 Å². The van der Waals surface area contributed by atoms with Gasteiger partial charge in [0.05, 0.1) is 11.0 Å². The molecule has 0 bridgehead atoms. The van der Waals surface area contributed by atoms with Gasteiger partial charge in [0, 0.05) is 18.3 Å². The van der Waals surface area contributed by atoms with Gasteiger partial charge in [-0.25, -0.2) is 4.98 Å². The number of aromatic nitrogens is 2. The van der Waals surface area contributed by atoms with E-state index in [9.17, 15) is 0 Å². The fraction of sp³-hybridized carbons (Fsp3) is 0.533. The molecule has 0 N–H and O–H groups in total. The highest BCUT2D eigenvalue weighted by molar-refractivity contribution is 6.17. The summed E-state index contributed by atoms with van der Waals surface area (Å²) in [5.41, 5.74) is 3.59. The quantitative estimate of drug-likeness (QED) is 0.728. The zero-order valence-corrected chi connectivity index (χ0v) is 12.2. The Morgan fingerprint density at radius 2 is 2.17 bits per heavy atom. The number of alkyl halides is 1. The molecule has 3 heteroatoms. The van der Waals surface area contributed by atoms with Gasteiger partial charge in [-0.2, -0.15) is 0 Å². The fourth-order valence-corrected chi connectivity index (χ4v) is 2.73. The van der Waals surface area contributed by atoms with Crippen molar-refractivity contribution >= 4 is 22.6 Å². The molecular weight excluding hydrogens is 244 g/mol. The average Bonchev–Trinajstić information content (AvgIpc) is 2.67. The third-order valence-electron chi connectivity index (χ3n) is 3.38. The van der Waals surface area contributed by atoms with Crippen molar-refractivity contribution in [2.24, 2.45) is 0 Å². The SMILES string of the molecule is CCCC(C)n1c(CCCl)nc2cc(C)ccc21. The lowest BCUT2D eigenvalue weighted by Crippen LogP contribution is -2.09. The molecule has 18 heavy (non-hydrogen) atoms.